The fourth-order valence-corrected chi connectivity index (χ4v) is 3.31. The van der Waals surface area contributed by atoms with Crippen molar-refractivity contribution < 1.29 is 13.7 Å². The minimum atomic E-state index is -1.35. The molecule has 0 fully saturated rings. The quantitative estimate of drug-likeness (QED) is 0.753. The van der Waals surface area contributed by atoms with Crippen molar-refractivity contribution in [1.29, 1.82) is 0 Å². The Morgan fingerprint density at radius 3 is 2.53 bits per heavy atom. The van der Waals surface area contributed by atoms with Crippen LogP contribution in [0.1, 0.15) is 37.3 Å². The van der Waals surface area contributed by atoms with E-state index >= 15 is 0 Å². The molecule has 3 nitrogen and oxygen atoms in total. The molecule has 0 aliphatic carbocycles. The molecule has 0 aliphatic rings. The molecule has 0 saturated carbocycles. The van der Waals surface area contributed by atoms with Crippen LogP contribution in [0.2, 0.25) is 0 Å². The molecule has 4 heteroatoms. The highest BCUT2D eigenvalue weighted by Gasteiger charge is 2.26. The van der Waals surface area contributed by atoms with Crippen LogP contribution in [0.25, 0.3) is 0 Å². The second kappa shape index (κ2) is 7.43. The summed E-state index contributed by atoms with van der Waals surface area (Å²) in [6, 6.07) is 5.67. The van der Waals surface area contributed by atoms with E-state index in [1.165, 1.54) is 7.11 Å². The lowest BCUT2D eigenvalue weighted by Gasteiger charge is -2.14. The maximum atomic E-state index is 12.5. The summed E-state index contributed by atoms with van der Waals surface area (Å²) in [7, 11) is 0.000361. The number of ether oxygens (including phenoxy) is 1. The Kier molecular flexibility index (Phi) is 6.22. The van der Waals surface area contributed by atoms with Gasteiger partial charge in [-0.1, -0.05) is 25.8 Å². The second-order valence-corrected chi connectivity index (χ2v) is 6.33. The SMILES string of the molecule is CCCCC(C(=O)OC)S(=O)c1ccc(C)c(C)c1. The first-order valence-corrected chi connectivity index (χ1v) is 7.78. The molecule has 0 radical (unpaired) electrons. The van der Waals surface area contributed by atoms with Crippen LogP contribution < -0.4 is 0 Å². The van der Waals surface area contributed by atoms with Gasteiger partial charge in [-0.2, -0.15) is 0 Å². The van der Waals surface area contributed by atoms with Gasteiger partial charge in [0.05, 0.1) is 17.9 Å². The molecule has 0 saturated heterocycles. The number of benzene rings is 1. The molecule has 1 rings (SSSR count). The van der Waals surface area contributed by atoms with E-state index < -0.39 is 16.0 Å². The van der Waals surface area contributed by atoms with Gasteiger partial charge in [0.1, 0.15) is 5.25 Å². The minimum Gasteiger partial charge on any atom is -0.468 e. The third-order valence-corrected chi connectivity index (χ3v) is 4.92. The highest BCUT2D eigenvalue weighted by molar-refractivity contribution is 7.86. The number of carbonyl (C=O) groups excluding carboxylic acids is 1. The Morgan fingerprint density at radius 1 is 1.32 bits per heavy atom. The highest BCUT2D eigenvalue weighted by Crippen LogP contribution is 2.20. The zero-order valence-electron chi connectivity index (χ0n) is 12.1. The number of rotatable bonds is 6. The van der Waals surface area contributed by atoms with E-state index in [0.29, 0.717) is 11.3 Å². The van der Waals surface area contributed by atoms with Crippen LogP contribution in [-0.2, 0) is 20.3 Å². The zero-order chi connectivity index (χ0) is 14.4. The van der Waals surface area contributed by atoms with Gasteiger partial charge in [-0.3, -0.25) is 9.00 Å². The number of carbonyl (C=O) groups is 1. The number of aryl methyl sites for hydroxylation is 2. The fraction of sp³-hybridized carbons (Fsp3) is 0.533. The Morgan fingerprint density at radius 2 is 2.00 bits per heavy atom. The summed E-state index contributed by atoms with van der Waals surface area (Å²) in [4.78, 5) is 12.5. The molecule has 19 heavy (non-hydrogen) atoms. The summed E-state index contributed by atoms with van der Waals surface area (Å²) in [5.74, 6) is -0.384. The summed E-state index contributed by atoms with van der Waals surface area (Å²) < 4.78 is 17.3. The highest BCUT2D eigenvalue weighted by atomic mass is 32.2. The van der Waals surface area contributed by atoms with Crippen LogP contribution in [0.4, 0.5) is 0 Å². The molecule has 0 aromatic heterocycles. The monoisotopic (exact) mass is 282 g/mol. The molecular weight excluding hydrogens is 260 g/mol. The first kappa shape index (κ1) is 15.9. The average Bonchev–Trinajstić information content (AvgIpc) is 2.41. The maximum absolute atomic E-state index is 12.5. The fourth-order valence-electron chi connectivity index (χ4n) is 1.84. The maximum Gasteiger partial charge on any atom is 0.321 e. The second-order valence-electron chi connectivity index (χ2n) is 4.70. The first-order chi connectivity index (χ1) is 9.01. The zero-order valence-corrected chi connectivity index (χ0v) is 12.9. The number of unbranched alkanes of at least 4 members (excludes halogenated alkanes) is 1. The van der Waals surface area contributed by atoms with Gasteiger partial charge >= 0.3 is 5.97 Å². The van der Waals surface area contributed by atoms with Gasteiger partial charge in [-0.05, 0) is 43.5 Å². The van der Waals surface area contributed by atoms with E-state index in [0.717, 1.165) is 24.0 Å². The number of esters is 1. The Labute approximate surface area is 117 Å². The predicted molar refractivity (Wildman–Crippen MR) is 77.7 cm³/mol. The lowest BCUT2D eigenvalue weighted by Crippen LogP contribution is -2.27. The van der Waals surface area contributed by atoms with Gasteiger partial charge in [0.25, 0.3) is 0 Å². The third-order valence-electron chi connectivity index (χ3n) is 3.25. The summed E-state index contributed by atoms with van der Waals surface area (Å²) in [6.07, 6.45) is 2.44. The van der Waals surface area contributed by atoms with Gasteiger partial charge in [-0.15, -0.1) is 0 Å². The Balaban J connectivity index is 2.97. The molecule has 0 N–H and O–H groups in total. The van der Waals surface area contributed by atoms with E-state index in [9.17, 15) is 9.00 Å². The molecule has 0 amide bonds. The topological polar surface area (TPSA) is 43.4 Å². The van der Waals surface area contributed by atoms with Crippen LogP contribution in [0.15, 0.2) is 23.1 Å². The summed E-state index contributed by atoms with van der Waals surface area (Å²) in [5, 5.41) is -0.563. The van der Waals surface area contributed by atoms with E-state index in [-0.39, 0.29) is 5.97 Å². The van der Waals surface area contributed by atoms with Crippen molar-refractivity contribution in [3.63, 3.8) is 0 Å². The minimum absolute atomic E-state index is 0.384. The third kappa shape index (κ3) is 4.16. The van der Waals surface area contributed by atoms with E-state index in [4.69, 9.17) is 4.74 Å². The average molecular weight is 282 g/mol. The van der Waals surface area contributed by atoms with Gasteiger partial charge < -0.3 is 4.74 Å². The molecule has 0 bridgehead atoms. The lowest BCUT2D eigenvalue weighted by atomic mass is 10.1. The van der Waals surface area contributed by atoms with Crippen molar-refractivity contribution in [3.05, 3.63) is 29.3 Å². The van der Waals surface area contributed by atoms with E-state index in [1.807, 2.05) is 39.0 Å². The van der Waals surface area contributed by atoms with Gasteiger partial charge in [-0.25, -0.2) is 0 Å². The molecule has 2 unspecified atom stereocenters. The first-order valence-electron chi connectivity index (χ1n) is 6.57. The van der Waals surface area contributed by atoms with Gasteiger partial charge in [0, 0.05) is 4.90 Å². The van der Waals surface area contributed by atoms with Crippen molar-refractivity contribution in [2.45, 2.75) is 50.2 Å². The molecule has 2 atom stereocenters. The van der Waals surface area contributed by atoms with Gasteiger partial charge in [0.2, 0.25) is 0 Å². The van der Waals surface area contributed by atoms with Crippen LogP contribution in [-0.4, -0.2) is 22.5 Å². The van der Waals surface area contributed by atoms with Gasteiger partial charge in [0.15, 0.2) is 0 Å². The normalized spacial score (nSPS) is 13.9. The lowest BCUT2D eigenvalue weighted by molar-refractivity contribution is -0.140. The van der Waals surface area contributed by atoms with Crippen LogP contribution in [0, 0.1) is 13.8 Å². The smallest absolute Gasteiger partial charge is 0.321 e. The summed E-state index contributed by atoms with van der Waals surface area (Å²) in [5.41, 5.74) is 2.24. The Bertz CT molecular complexity index is 468. The predicted octanol–water partition coefficient (Wildman–Crippen LogP) is 3.14. The standard InChI is InChI=1S/C15H22O3S/c1-5-6-7-14(15(16)18-4)19(17)13-9-8-11(2)12(3)10-13/h8-10,14H,5-7H2,1-4H3. The van der Waals surface area contributed by atoms with Crippen molar-refractivity contribution in [1.82, 2.24) is 0 Å². The van der Waals surface area contributed by atoms with Crippen molar-refractivity contribution in [2.24, 2.45) is 0 Å². The van der Waals surface area contributed by atoms with Crippen LogP contribution >= 0.6 is 0 Å². The van der Waals surface area contributed by atoms with E-state index in [1.54, 1.807) is 0 Å². The number of hydrogen-bond acceptors (Lipinski definition) is 3. The van der Waals surface area contributed by atoms with Crippen molar-refractivity contribution in [2.75, 3.05) is 7.11 Å². The molecular formula is C15H22O3S. The Hall–Kier alpha value is -1.16. The van der Waals surface area contributed by atoms with Crippen molar-refractivity contribution in [3.8, 4) is 0 Å². The molecule has 1 aromatic carbocycles. The largest absolute Gasteiger partial charge is 0.468 e. The van der Waals surface area contributed by atoms with E-state index in [2.05, 4.69) is 0 Å². The summed E-state index contributed by atoms with van der Waals surface area (Å²) >= 11 is 0. The summed E-state index contributed by atoms with van der Waals surface area (Å²) in [6.45, 7) is 6.04. The molecule has 0 aliphatic heterocycles. The molecule has 106 valence electrons. The van der Waals surface area contributed by atoms with Crippen LogP contribution in [0.3, 0.4) is 0 Å². The molecule has 0 heterocycles. The number of hydrogen-bond donors (Lipinski definition) is 0. The molecule has 1 aromatic rings. The number of methoxy groups -OCH3 is 1. The molecule has 0 spiro atoms. The van der Waals surface area contributed by atoms with Crippen LogP contribution in [0.5, 0.6) is 0 Å². The van der Waals surface area contributed by atoms with Crippen molar-refractivity contribution >= 4 is 16.8 Å².